The van der Waals surface area contributed by atoms with Crippen LogP contribution in [0.25, 0.3) is 0 Å². The number of hydrogen-bond donors (Lipinski definition) is 3. The number of nitrogens with zero attached hydrogens (tertiary/aromatic N) is 1. The standard InChI is InChI=1S/C10H22N4S/c1-3-5-6-8(4-2)7-15-10(13)14-9(11)12/h8H,3-7H2,1-2H3,(H5,11,12,13,14). The van der Waals surface area contributed by atoms with E-state index in [2.05, 4.69) is 18.8 Å². The zero-order valence-electron chi connectivity index (χ0n) is 9.62. The number of guanidine groups is 1. The summed E-state index contributed by atoms with van der Waals surface area (Å²) in [5.74, 6) is 1.57. The minimum atomic E-state index is -0.0332. The molecule has 0 aromatic heterocycles. The highest BCUT2D eigenvalue weighted by Gasteiger charge is 2.07. The quantitative estimate of drug-likeness (QED) is 0.482. The maximum atomic E-state index is 7.48. The molecule has 1 atom stereocenters. The Balaban J connectivity index is 3.79. The SMILES string of the molecule is CCCCC(CC)CSC(=N)N=C(N)N. The van der Waals surface area contributed by atoms with Crippen LogP contribution in [0, 0.1) is 11.3 Å². The third-order valence-electron chi connectivity index (χ3n) is 2.23. The third-order valence-corrected chi connectivity index (χ3v) is 3.23. The number of unbranched alkanes of at least 4 members (excludes halogenated alkanes) is 1. The number of hydrogen-bond acceptors (Lipinski definition) is 2. The maximum Gasteiger partial charge on any atom is 0.193 e. The van der Waals surface area contributed by atoms with Gasteiger partial charge in [0, 0.05) is 5.75 Å². The highest BCUT2D eigenvalue weighted by Crippen LogP contribution is 2.19. The fourth-order valence-electron chi connectivity index (χ4n) is 1.24. The Kier molecular flexibility index (Phi) is 8.18. The van der Waals surface area contributed by atoms with E-state index in [1.807, 2.05) is 0 Å². The van der Waals surface area contributed by atoms with E-state index in [1.165, 1.54) is 31.0 Å². The number of rotatable bonds is 6. The predicted octanol–water partition coefficient (Wildman–Crippen LogP) is 2.14. The lowest BCUT2D eigenvalue weighted by atomic mass is 10.0. The monoisotopic (exact) mass is 230 g/mol. The Bertz CT molecular complexity index is 211. The molecule has 0 aliphatic heterocycles. The minimum Gasteiger partial charge on any atom is -0.370 e. The van der Waals surface area contributed by atoms with Crippen molar-refractivity contribution in [2.45, 2.75) is 39.5 Å². The largest absolute Gasteiger partial charge is 0.370 e. The summed E-state index contributed by atoms with van der Waals surface area (Å²) < 4.78 is 0. The van der Waals surface area contributed by atoms with Crippen LogP contribution in [0.5, 0.6) is 0 Å². The van der Waals surface area contributed by atoms with Gasteiger partial charge in [0.25, 0.3) is 0 Å². The lowest BCUT2D eigenvalue weighted by Gasteiger charge is -2.12. The lowest BCUT2D eigenvalue weighted by molar-refractivity contribution is 0.500. The van der Waals surface area contributed by atoms with Gasteiger partial charge in [0.2, 0.25) is 0 Å². The van der Waals surface area contributed by atoms with Crippen molar-refractivity contribution in [2.75, 3.05) is 5.75 Å². The van der Waals surface area contributed by atoms with Crippen molar-refractivity contribution in [1.29, 1.82) is 5.41 Å². The summed E-state index contributed by atoms with van der Waals surface area (Å²) in [7, 11) is 0. The van der Waals surface area contributed by atoms with Gasteiger partial charge in [-0.05, 0) is 12.3 Å². The Morgan fingerprint density at radius 3 is 2.53 bits per heavy atom. The first-order valence-electron chi connectivity index (χ1n) is 5.41. The number of amidine groups is 1. The summed E-state index contributed by atoms with van der Waals surface area (Å²) >= 11 is 1.42. The molecule has 0 aliphatic rings. The predicted molar refractivity (Wildman–Crippen MR) is 69.3 cm³/mol. The normalized spacial score (nSPS) is 12.1. The van der Waals surface area contributed by atoms with E-state index >= 15 is 0 Å². The van der Waals surface area contributed by atoms with Crippen LogP contribution in [0.4, 0.5) is 0 Å². The first-order valence-corrected chi connectivity index (χ1v) is 6.39. The second kappa shape index (κ2) is 8.59. The smallest absolute Gasteiger partial charge is 0.193 e. The molecule has 0 fully saturated rings. The van der Waals surface area contributed by atoms with Crippen molar-refractivity contribution in [3.63, 3.8) is 0 Å². The third kappa shape index (κ3) is 8.30. The number of thioether (sulfide) groups is 1. The molecule has 0 spiro atoms. The van der Waals surface area contributed by atoms with E-state index in [1.54, 1.807) is 0 Å². The summed E-state index contributed by atoms with van der Waals surface area (Å²) in [6, 6.07) is 0. The molecule has 1 unspecified atom stereocenters. The molecule has 0 saturated carbocycles. The van der Waals surface area contributed by atoms with Gasteiger partial charge in [-0.2, -0.15) is 4.99 Å². The van der Waals surface area contributed by atoms with Crippen molar-refractivity contribution in [3.05, 3.63) is 0 Å². The highest BCUT2D eigenvalue weighted by molar-refractivity contribution is 8.13. The van der Waals surface area contributed by atoms with Crippen LogP contribution in [0.2, 0.25) is 0 Å². The number of nitrogens with one attached hydrogen (secondary N) is 1. The molecular weight excluding hydrogens is 208 g/mol. The van der Waals surface area contributed by atoms with Gasteiger partial charge >= 0.3 is 0 Å². The summed E-state index contributed by atoms with van der Waals surface area (Å²) in [6.45, 7) is 4.38. The molecule has 0 aliphatic carbocycles. The Labute approximate surface area is 96.4 Å². The average molecular weight is 230 g/mol. The molecule has 0 bridgehead atoms. The molecule has 5 N–H and O–H groups in total. The molecule has 0 heterocycles. The molecule has 0 radical (unpaired) electrons. The van der Waals surface area contributed by atoms with Crippen molar-refractivity contribution >= 4 is 22.9 Å². The molecule has 5 heteroatoms. The summed E-state index contributed by atoms with van der Waals surface area (Å²) in [5.41, 5.74) is 10.4. The molecule has 0 amide bonds. The second-order valence-electron chi connectivity index (χ2n) is 3.57. The molecular formula is C10H22N4S. The van der Waals surface area contributed by atoms with Crippen molar-refractivity contribution in [1.82, 2.24) is 0 Å². The summed E-state index contributed by atoms with van der Waals surface area (Å²) in [4.78, 5) is 3.68. The van der Waals surface area contributed by atoms with E-state index in [4.69, 9.17) is 16.9 Å². The topological polar surface area (TPSA) is 88.2 Å². The number of nitrogens with two attached hydrogens (primary N) is 2. The van der Waals surface area contributed by atoms with E-state index in [0.717, 1.165) is 12.2 Å². The minimum absolute atomic E-state index is 0.0332. The molecule has 0 rings (SSSR count). The van der Waals surface area contributed by atoms with Crippen molar-refractivity contribution < 1.29 is 0 Å². The van der Waals surface area contributed by atoms with Crippen LogP contribution in [-0.2, 0) is 0 Å². The second-order valence-corrected chi connectivity index (χ2v) is 4.58. The van der Waals surface area contributed by atoms with Crippen molar-refractivity contribution in [2.24, 2.45) is 22.4 Å². The van der Waals surface area contributed by atoms with E-state index in [-0.39, 0.29) is 11.1 Å². The van der Waals surface area contributed by atoms with Gasteiger partial charge in [-0.3, -0.25) is 5.41 Å². The first kappa shape index (κ1) is 14.3. The van der Waals surface area contributed by atoms with Crippen LogP contribution in [0.3, 0.4) is 0 Å². The first-order chi connectivity index (χ1) is 7.10. The van der Waals surface area contributed by atoms with Crippen LogP contribution < -0.4 is 11.5 Å². The zero-order valence-corrected chi connectivity index (χ0v) is 10.4. The van der Waals surface area contributed by atoms with Gasteiger partial charge in [0.1, 0.15) is 0 Å². The maximum absolute atomic E-state index is 7.48. The molecule has 0 aromatic rings. The Morgan fingerprint density at radius 1 is 1.40 bits per heavy atom. The van der Waals surface area contributed by atoms with Gasteiger partial charge < -0.3 is 11.5 Å². The van der Waals surface area contributed by atoms with Crippen molar-refractivity contribution in [3.8, 4) is 0 Å². The highest BCUT2D eigenvalue weighted by atomic mass is 32.2. The Morgan fingerprint density at radius 2 is 2.07 bits per heavy atom. The van der Waals surface area contributed by atoms with Crippen LogP contribution >= 0.6 is 11.8 Å². The molecule has 15 heavy (non-hydrogen) atoms. The molecule has 0 saturated heterocycles. The number of aliphatic imine (C=N–C) groups is 1. The molecule has 88 valence electrons. The van der Waals surface area contributed by atoms with E-state index in [0.29, 0.717) is 5.92 Å². The van der Waals surface area contributed by atoms with Crippen LogP contribution in [-0.4, -0.2) is 16.9 Å². The molecule has 4 nitrogen and oxygen atoms in total. The van der Waals surface area contributed by atoms with Gasteiger partial charge in [0.15, 0.2) is 11.1 Å². The lowest BCUT2D eigenvalue weighted by Crippen LogP contribution is -2.23. The van der Waals surface area contributed by atoms with E-state index in [9.17, 15) is 0 Å². The van der Waals surface area contributed by atoms with Gasteiger partial charge in [-0.15, -0.1) is 0 Å². The Hall–Kier alpha value is -0.710. The fraction of sp³-hybridized carbons (Fsp3) is 0.800. The van der Waals surface area contributed by atoms with E-state index < -0.39 is 0 Å². The zero-order chi connectivity index (χ0) is 11.7. The fourth-order valence-corrected chi connectivity index (χ4v) is 2.21. The van der Waals surface area contributed by atoms with Gasteiger partial charge in [0.05, 0.1) is 0 Å². The van der Waals surface area contributed by atoms with Crippen LogP contribution in [0.1, 0.15) is 39.5 Å². The van der Waals surface area contributed by atoms with Gasteiger partial charge in [-0.25, -0.2) is 0 Å². The summed E-state index contributed by atoms with van der Waals surface area (Å²) in [6.07, 6.45) is 4.87. The van der Waals surface area contributed by atoms with Crippen LogP contribution in [0.15, 0.2) is 4.99 Å². The molecule has 0 aromatic carbocycles. The summed E-state index contributed by atoms with van der Waals surface area (Å²) in [5, 5.41) is 7.69. The van der Waals surface area contributed by atoms with Gasteiger partial charge in [-0.1, -0.05) is 44.9 Å². The average Bonchev–Trinajstić information content (AvgIpc) is 2.17.